The molecule has 0 aromatic carbocycles. The van der Waals surface area contributed by atoms with Gasteiger partial charge in [0.2, 0.25) is 0 Å². The van der Waals surface area contributed by atoms with Crippen molar-refractivity contribution < 1.29 is 14.3 Å². The molecule has 62 valence electrons. The summed E-state index contributed by atoms with van der Waals surface area (Å²) in [4.78, 5) is 11.0. The minimum Gasteiger partial charge on any atom is -0.479 e. The Labute approximate surface area is 65.0 Å². The van der Waals surface area contributed by atoms with Gasteiger partial charge in [-0.3, -0.25) is 0 Å². The molecule has 4 heteroatoms. The molecule has 0 unspecified atom stereocenters. The second-order valence-electron chi connectivity index (χ2n) is 2.16. The van der Waals surface area contributed by atoms with Gasteiger partial charge in [0, 0.05) is 6.42 Å². The fourth-order valence-electron chi connectivity index (χ4n) is 0.894. The molecule has 1 aliphatic rings. The van der Waals surface area contributed by atoms with Crippen LogP contribution in [0.2, 0.25) is 0 Å². The van der Waals surface area contributed by atoms with Crippen LogP contribution in [0.1, 0.15) is 13.3 Å². The first-order valence-electron chi connectivity index (χ1n) is 3.54. The van der Waals surface area contributed by atoms with E-state index in [1.807, 2.05) is 0 Å². The summed E-state index contributed by atoms with van der Waals surface area (Å²) in [6.07, 6.45) is 0.560. The molecule has 0 aromatic rings. The third-order valence-corrected chi connectivity index (χ3v) is 1.43. The highest BCUT2D eigenvalue weighted by Crippen LogP contribution is 2.15. The van der Waals surface area contributed by atoms with Crippen LogP contribution in [-0.2, 0) is 14.3 Å². The average Bonchev–Trinajstić information content (AvgIpc) is 2.36. The minimum absolute atomic E-state index is 0.212. The summed E-state index contributed by atoms with van der Waals surface area (Å²) in [5, 5.41) is 0. The molecule has 0 aromatic heterocycles. The first kappa shape index (κ1) is 7.91. The van der Waals surface area contributed by atoms with E-state index in [9.17, 15) is 4.79 Å². The lowest BCUT2D eigenvalue weighted by atomic mass is 10.2. The summed E-state index contributed by atoms with van der Waals surface area (Å²) in [5.74, 6) is -0.147. The first-order chi connectivity index (χ1) is 5.25. The standard InChI is InChI=1S/C7H11NO3/c1-2-10-7(9)5-3-4-11-6(5)8/h2-4,8H2,1H3. The predicted molar refractivity (Wildman–Crippen MR) is 38.4 cm³/mol. The summed E-state index contributed by atoms with van der Waals surface area (Å²) < 4.78 is 9.63. The number of hydrogen-bond donors (Lipinski definition) is 1. The number of nitrogens with two attached hydrogens (primary N) is 1. The Kier molecular flexibility index (Phi) is 2.36. The Bertz CT molecular complexity index is 198. The van der Waals surface area contributed by atoms with Gasteiger partial charge in [-0.2, -0.15) is 0 Å². The number of carbonyl (C=O) groups excluding carboxylic acids is 1. The average molecular weight is 157 g/mol. The monoisotopic (exact) mass is 157 g/mol. The summed E-state index contributed by atoms with van der Waals surface area (Å²) in [6, 6.07) is 0. The van der Waals surface area contributed by atoms with Gasteiger partial charge in [-0.1, -0.05) is 0 Å². The van der Waals surface area contributed by atoms with E-state index in [1.54, 1.807) is 6.92 Å². The van der Waals surface area contributed by atoms with Gasteiger partial charge in [0.15, 0.2) is 5.88 Å². The highest BCUT2D eigenvalue weighted by atomic mass is 16.5. The van der Waals surface area contributed by atoms with E-state index in [0.717, 1.165) is 0 Å². The van der Waals surface area contributed by atoms with E-state index in [2.05, 4.69) is 0 Å². The normalized spacial score (nSPS) is 16.5. The highest BCUT2D eigenvalue weighted by Gasteiger charge is 2.21. The Hall–Kier alpha value is -1.19. The second kappa shape index (κ2) is 3.27. The van der Waals surface area contributed by atoms with Crippen molar-refractivity contribution in [2.24, 2.45) is 5.73 Å². The molecule has 0 atom stereocenters. The number of hydrogen-bond acceptors (Lipinski definition) is 4. The van der Waals surface area contributed by atoms with Crippen molar-refractivity contribution in [2.45, 2.75) is 13.3 Å². The van der Waals surface area contributed by atoms with E-state index >= 15 is 0 Å². The lowest BCUT2D eigenvalue weighted by Crippen LogP contribution is -2.10. The van der Waals surface area contributed by atoms with Gasteiger partial charge in [-0.25, -0.2) is 4.79 Å². The van der Waals surface area contributed by atoms with Crippen molar-refractivity contribution in [3.63, 3.8) is 0 Å². The van der Waals surface area contributed by atoms with E-state index in [4.69, 9.17) is 15.2 Å². The van der Waals surface area contributed by atoms with Crippen LogP contribution in [0, 0.1) is 0 Å². The van der Waals surface area contributed by atoms with Gasteiger partial charge in [-0.15, -0.1) is 0 Å². The summed E-state index contributed by atoms with van der Waals surface area (Å²) >= 11 is 0. The Morgan fingerprint density at radius 3 is 3.00 bits per heavy atom. The van der Waals surface area contributed by atoms with Crippen LogP contribution >= 0.6 is 0 Å². The molecule has 0 spiro atoms. The lowest BCUT2D eigenvalue weighted by molar-refractivity contribution is -0.138. The van der Waals surface area contributed by atoms with Crippen molar-refractivity contribution in [3.8, 4) is 0 Å². The molecule has 11 heavy (non-hydrogen) atoms. The van der Waals surface area contributed by atoms with Gasteiger partial charge >= 0.3 is 5.97 Å². The second-order valence-corrected chi connectivity index (χ2v) is 2.16. The van der Waals surface area contributed by atoms with Gasteiger partial charge in [0.05, 0.1) is 18.8 Å². The third kappa shape index (κ3) is 1.63. The van der Waals surface area contributed by atoms with Crippen molar-refractivity contribution in [3.05, 3.63) is 11.5 Å². The van der Waals surface area contributed by atoms with Crippen molar-refractivity contribution in [2.75, 3.05) is 13.2 Å². The molecule has 0 aliphatic carbocycles. The maximum absolute atomic E-state index is 11.0. The molecule has 2 N–H and O–H groups in total. The van der Waals surface area contributed by atoms with Gasteiger partial charge in [0.25, 0.3) is 0 Å². The van der Waals surface area contributed by atoms with E-state index in [0.29, 0.717) is 25.2 Å². The zero-order valence-corrected chi connectivity index (χ0v) is 6.42. The largest absolute Gasteiger partial charge is 0.479 e. The maximum Gasteiger partial charge on any atom is 0.339 e. The highest BCUT2D eigenvalue weighted by molar-refractivity contribution is 5.89. The van der Waals surface area contributed by atoms with Gasteiger partial charge in [0.1, 0.15) is 0 Å². The van der Waals surface area contributed by atoms with Crippen molar-refractivity contribution >= 4 is 5.97 Å². The Balaban J connectivity index is 2.59. The molecule has 1 rings (SSSR count). The summed E-state index contributed by atoms with van der Waals surface area (Å²) in [5.41, 5.74) is 5.83. The molecular weight excluding hydrogens is 146 g/mol. The smallest absolute Gasteiger partial charge is 0.339 e. The van der Waals surface area contributed by atoms with E-state index < -0.39 is 0 Å². The molecule has 4 nitrogen and oxygen atoms in total. The zero-order chi connectivity index (χ0) is 8.27. The van der Waals surface area contributed by atoms with Gasteiger partial charge < -0.3 is 15.2 Å². The molecular formula is C7H11NO3. The van der Waals surface area contributed by atoms with Crippen LogP contribution in [0.3, 0.4) is 0 Å². The third-order valence-electron chi connectivity index (χ3n) is 1.43. The van der Waals surface area contributed by atoms with Crippen molar-refractivity contribution in [1.82, 2.24) is 0 Å². The molecule has 0 fully saturated rings. The summed E-state index contributed by atoms with van der Waals surface area (Å²) in [7, 11) is 0. The van der Waals surface area contributed by atoms with Crippen LogP contribution in [0.25, 0.3) is 0 Å². The minimum atomic E-state index is -0.359. The van der Waals surface area contributed by atoms with E-state index in [-0.39, 0.29) is 11.9 Å². The fourth-order valence-corrected chi connectivity index (χ4v) is 0.894. The van der Waals surface area contributed by atoms with Crippen LogP contribution in [0.15, 0.2) is 11.5 Å². The molecule has 1 heterocycles. The molecule has 0 bridgehead atoms. The first-order valence-corrected chi connectivity index (χ1v) is 3.54. The topological polar surface area (TPSA) is 61.5 Å². The predicted octanol–water partition coefficient (Wildman–Crippen LogP) is 0.140. The lowest BCUT2D eigenvalue weighted by Gasteiger charge is -2.00. The van der Waals surface area contributed by atoms with Crippen LogP contribution in [0.4, 0.5) is 0 Å². The Morgan fingerprint density at radius 1 is 1.82 bits per heavy atom. The molecule has 0 radical (unpaired) electrons. The number of carbonyl (C=O) groups is 1. The number of rotatable bonds is 2. The molecule has 1 aliphatic heterocycles. The Morgan fingerprint density at radius 2 is 2.55 bits per heavy atom. The fraction of sp³-hybridized carbons (Fsp3) is 0.571. The van der Waals surface area contributed by atoms with Crippen molar-refractivity contribution in [1.29, 1.82) is 0 Å². The van der Waals surface area contributed by atoms with Crippen LogP contribution in [0.5, 0.6) is 0 Å². The summed E-state index contributed by atoms with van der Waals surface area (Å²) in [6.45, 7) is 2.61. The SMILES string of the molecule is CCOC(=O)C1=C(N)OCC1. The molecule has 0 saturated carbocycles. The van der Waals surface area contributed by atoms with Gasteiger partial charge in [-0.05, 0) is 6.92 Å². The molecule has 0 saturated heterocycles. The maximum atomic E-state index is 11.0. The number of esters is 1. The van der Waals surface area contributed by atoms with E-state index in [1.165, 1.54) is 0 Å². The number of ether oxygens (including phenoxy) is 2. The van der Waals surface area contributed by atoms with Crippen LogP contribution < -0.4 is 5.73 Å². The zero-order valence-electron chi connectivity index (χ0n) is 6.42. The quantitative estimate of drug-likeness (QED) is 0.579. The molecule has 0 amide bonds. The van der Waals surface area contributed by atoms with Crippen LogP contribution in [-0.4, -0.2) is 19.2 Å².